The number of hydrogen-bond acceptors (Lipinski definition) is 3. The molecule has 1 aromatic heterocycles. The minimum absolute atomic E-state index is 0.390. The van der Waals surface area contributed by atoms with Crippen LogP contribution in [0.3, 0.4) is 0 Å². The Kier molecular flexibility index (Phi) is 2.43. The summed E-state index contributed by atoms with van der Waals surface area (Å²) < 4.78 is 0. The van der Waals surface area contributed by atoms with E-state index < -0.39 is 0 Å². The first-order chi connectivity index (χ1) is 5.54. The molecule has 0 aliphatic rings. The lowest BCUT2D eigenvalue weighted by Crippen LogP contribution is -2.30. The van der Waals surface area contributed by atoms with Crippen LogP contribution in [0.2, 0.25) is 0 Å². The van der Waals surface area contributed by atoms with Crippen LogP contribution in [0, 0.1) is 0 Å². The average Bonchev–Trinajstić information content (AvgIpc) is 2.03. The van der Waals surface area contributed by atoms with Crippen molar-refractivity contribution in [1.29, 1.82) is 0 Å². The second-order valence-electron chi connectivity index (χ2n) is 3.47. The Hall–Kier alpha value is -0.960. The first kappa shape index (κ1) is 9.13. The van der Waals surface area contributed by atoms with Gasteiger partial charge in [-0.2, -0.15) is 0 Å². The summed E-state index contributed by atoms with van der Waals surface area (Å²) in [7, 11) is 0. The van der Waals surface area contributed by atoms with Gasteiger partial charge in [0.1, 0.15) is 0 Å². The van der Waals surface area contributed by atoms with Gasteiger partial charge in [0.25, 0.3) is 0 Å². The van der Waals surface area contributed by atoms with Crippen molar-refractivity contribution in [3.63, 3.8) is 0 Å². The Labute approximate surface area is 73.0 Å². The van der Waals surface area contributed by atoms with Crippen molar-refractivity contribution in [1.82, 2.24) is 9.97 Å². The summed E-state index contributed by atoms with van der Waals surface area (Å²) >= 11 is 0. The minimum Gasteiger partial charge on any atom is -0.321 e. The molecule has 0 amide bonds. The zero-order chi connectivity index (χ0) is 9.19. The SMILES string of the molecule is CCc1cnc(C(C)(C)N)cn1. The molecule has 1 aromatic rings. The molecule has 0 saturated heterocycles. The monoisotopic (exact) mass is 165 g/mol. The summed E-state index contributed by atoms with van der Waals surface area (Å²) in [6, 6.07) is 0. The number of hydrogen-bond donors (Lipinski definition) is 1. The second-order valence-corrected chi connectivity index (χ2v) is 3.47. The van der Waals surface area contributed by atoms with Crippen LogP contribution < -0.4 is 5.73 Å². The van der Waals surface area contributed by atoms with Crippen molar-refractivity contribution in [2.75, 3.05) is 0 Å². The topological polar surface area (TPSA) is 51.8 Å². The van der Waals surface area contributed by atoms with E-state index in [9.17, 15) is 0 Å². The predicted molar refractivity (Wildman–Crippen MR) is 48.6 cm³/mol. The van der Waals surface area contributed by atoms with E-state index in [1.54, 1.807) is 12.4 Å². The highest BCUT2D eigenvalue weighted by Crippen LogP contribution is 2.12. The van der Waals surface area contributed by atoms with E-state index in [2.05, 4.69) is 16.9 Å². The summed E-state index contributed by atoms with van der Waals surface area (Å²) in [5.41, 5.74) is 7.29. The fourth-order valence-corrected chi connectivity index (χ4v) is 0.870. The molecule has 3 nitrogen and oxygen atoms in total. The number of rotatable bonds is 2. The zero-order valence-corrected chi connectivity index (χ0v) is 7.83. The van der Waals surface area contributed by atoms with Crippen molar-refractivity contribution < 1.29 is 0 Å². The molecule has 2 N–H and O–H groups in total. The van der Waals surface area contributed by atoms with E-state index in [4.69, 9.17) is 5.73 Å². The quantitative estimate of drug-likeness (QED) is 0.717. The smallest absolute Gasteiger partial charge is 0.0779 e. The van der Waals surface area contributed by atoms with E-state index in [0.29, 0.717) is 0 Å². The van der Waals surface area contributed by atoms with Crippen LogP contribution in [0.5, 0.6) is 0 Å². The maximum Gasteiger partial charge on any atom is 0.0779 e. The molecule has 66 valence electrons. The van der Waals surface area contributed by atoms with Crippen molar-refractivity contribution in [3.8, 4) is 0 Å². The largest absolute Gasteiger partial charge is 0.321 e. The van der Waals surface area contributed by atoms with Crippen molar-refractivity contribution >= 4 is 0 Å². The molecule has 0 aromatic carbocycles. The third kappa shape index (κ3) is 2.01. The molecule has 0 spiro atoms. The molecule has 3 heteroatoms. The van der Waals surface area contributed by atoms with Gasteiger partial charge in [-0.3, -0.25) is 9.97 Å². The van der Waals surface area contributed by atoms with Crippen molar-refractivity contribution in [2.45, 2.75) is 32.7 Å². The molecule has 1 heterocycles. The number of nitrogens with two attached hydrogens (primary N) is 1. The standard InChI is InChI=1S/C9H15N3/c1-4-7-5-12-8(6-11-7)9(2,3)10/h5-6H,4,10H2,1-3H3. The van der Waals surface area contributed by atoms with E-state index in [1.165, 1.54) is 0 Å². The van der Waals surface area contributed by atoms with E-state index in [0.717, 1.165) is 17.8 Å². The second kappa shape index (κ2) is 3.19. The Bertz CT molecular complexity index is 245. The highest BCUT2D eigenvalue weighted by atomic mass is 14.9. The molecule has 0 fully saturated rings. The molecular weight excluding hydrogens is 150 g/mol. The maximum atomic E-state index is 5.85. The van der Waals surface area contributed by atoms with Crippen LogP contribution in [-0.4, -0.2) is 9.97 Å². The van der Waals surface area contributed by atoms with E-state index >= 15 is 0 Å². The molecule has 12 heavy (non-hydrogen) atoms. The molecule has 1 rings (SSSR count). The fraction of sp³-hybridized carbons (Fsp3) is 0.556. The molecule has 0 unspecified atom stereocenters. The lowest BCUT2D eigenvalue weighted by Gasteiger charge is -2.16. The lowest BCUT2D eigenvalue weighted by molar-refractivity contribution is 0.531. The average molecular weight is 165 g/mol. The maximum absolute atomic E-state index is 5.85. The minimum atomic E-state index is -0.390. The first-order valence-corrected chi connectivity index (χ1v) is 4.14. The van der Waals surface area contributed by atoms with Crippen LogP contribution in [0.1, 0.15) is 32.2 Å². The summed E-state index contributed by atoms with van der Waals surface area (Å²) in [4.78, 5) is 8.45. The van der Waals surface area contributed by atoms with Crippen molar-refractivity contribution in [2.24, 2.45) is 5.73 Å². The van der Waals surface area contributed by atoms with Gasteiger partial charge in [0.2, 0.25) is 0 Å². The van der Waals surface area contributed by atoms with Gasteiger partial charge in [-0.05, 0) is 20.3 Å². The van der Waals surface area contributed by atoms with Gasteiger partial charge >= 0.3 is 0 Å². The lowest BCUT2D eigenvalue weighted by atomic mass is 10.0. The summed E-state index contributed by atoms with van der Waals surface area (Å²) in [6.45, 7) is 5.89. The fourth-order valence-electron chi connectivity index (χ4n) is 0.870. The highest BCUT2D eigenvalue weighted by Gasteiger charge is 2.15. The Morgan fingerprint density at radius 1 is 1.33 bits per heavy atom. The highest BCUT2D eigenvalue weighted by molar-refractivity contribution is 5.09. The van der Waals surface area contributed by atoms with Crippen LogP contribution in [0.4, 0.5) is 0 Å². The van der Waals surface area contributed by atoms with Gasteiger partial charge < -0.3 is 5.73 Å². The Balaban J connectivity index is 2.93. The molecule has 0 saturated carbocycles. The molecular formula is C9H15N3. The van der Waals surface area contributed by atoms with Crippen LogP contribution in [0.15, 0.2) is 12.4 Å². The molecule has 0 atom stereocenters. The molecule has 0 radical (unpaired) electrons. The molecule has 0 aliphatic heterocycles. The Morgan fingerprint density at radius 2 is 2.00 bits per heavy atom. The van der Waals surface area contributed by atoms with Gasteiger partial charge in [0.05, 0.1) is 23.1 Å². The van der Waals surface area contributed by atoms with Crippen LogP contribution in [-0.2, 0) is 12.0 Å². The van der Waals surface area contributed by atoms with Gasteiger partial charge in [0.15, 0.2) is 0 Å². The summed E-state index contributed by atoms with van der Waals surface area (Å²) in [6.07, 6.45) is 4.45. The summed E-state index contributed by atoms with van der Waals surface area (Å²) in [5.74, 6) is 0. The third-order valence-corrected chi connectivity index (χ3v) is 1.73. The summed E-state index contributed by atoms with van der Waals surface area (Å²) in [5, 5.41) is 0. The van der Waals surface area contributed by atoms with Gasteiger partial charge in [-0.25, -0.2) is 0 Å². The van der Waals surface area contributed by atoms with Crippen molar-refractivity contribution in [3.05, 3.63) is 23.8 Å². The third-order valence-electron chi connectivity index (χ3n) is 1.73. The van der Waals surface area contributed by atoms with E-state index in [1.807, 2.05) is 13.8 Å². The zero-order valence-electron chi connectivity index (χ0n) is 7.83. The van der Waals surface area contributed by atoms with Crippen LogP contribution >= 0.6 is 0 Å². The number of aromatic nitrogens is 2. The number of nitrogens with zero attached hydrogens (tertiary/aromatic N) is 2. The first-order valence-electron chi connectivity index (χ1n) is 4.14. The number of aryl methyl sites for hydroxylation is 1. The molecule has 0 bridgehead atoms. The normalized spacial score (nSPS) is 11.7. The molecule has 0 aliphatic carbocycles. The Morgan fingerprint density at radius 3 is 2.33 bits per heavy atom. The van der Waals surface area contributed by atoms with Gasteiger partial charge in [-0.15, -0.1) is 0 Å². The van der Waals surface area contributed by atoms with Crippen LogP contribution in [0.25, 0.3) is 0 Å². The predicted octanol–water partition coefficient (Wildman–Crippen LogP) is 1.23. The van der Waals surface area contributed by atoms with Gasteiger partial charge in [0, 0.05) is 6.20 Å². The van der Waals surface area contributed by atoms with Gasteiger partial charge in [-0.1, -0.05) is 6.92 Å². The van der Waals surface area contributed by atoms with E-state index in [-0.39, 0.29) is 5.54 Å².